The van der Waals surface area contributed by atoms with Gasteiger partial charge in [-0.1, -0.05) is 35.0 Å². The number of carboxylic acids is 1. The van der Waals surface area contributed by atoms with Crippen LogP contribution < -0.4 is 0 Å². The molecule has 0 amide bonds. The molecule has 35 heavy (non-hydrogen) atoms. The lowest BCUT2D eigenvalue weighted by molar-refractivity contribution is 0.0697. The van der Waals surface area contributed by atoms with Crippen LogP contribution in [0.15, 0.2) is 76.4 Å². The fourth-order valence-electron chi connectivity index (χ4n) is 4.14. The van der Waals surface area contributed by atoms with Gasteiger partial charge >= 0.3 is 5.97 Å². The summed E-state index contributed by atoms with van der Waals surface area (Å²) in [4.78, 5) is 16.0. The van der Waals surface area contributed by atoms with E-state index in [-0.39, 0.29) is 16.1 Å². The van der Waals surface area contributed by atoms with Crippen LogP contribution in [0.5, 0.6) is 0 Å². The van der Waals surface area contributed by atoms with Gasteiger partial charge in [0.2, 0.25) is 0 Å². The van der Waals surface area contributed by atoms with E-state index in [4.69, 9.17) is 4.52 Å². The number of aromatic carboxylic acids is 1. The molecule has 0 spiro atoms. The van der Waals surface area contributed by atoms with Gasteiger partial charge in [0.15, 0.2) is 5.65 Å². The molecule has 9 heteroatoms. The van der Waals surface area contributed by atoms with Gasteiger partial charge < -0.3 is 9.63 Å². The Hall–Kier alpha value is -4.24. The zero-order valence-electron chi connectivity index (χ0n) is 19.2. The molecule has 0 fully saturated rings. The highest BCUT2D eigenvalue weighted by molar-refractivity contribution is 7.90. The van der Waals surface area contributed by atoms with Gasteiger partial charge in [-0.05, 0) is 56.7 Å². The Morgan fingerprint density at radius 1 is 0.971 bits per heavy atom. The molecule has 8 nitrogen and oxygen atoms in total. The Bertz CT molecular complexity index is 1680. The molecule has 2 aromatic carbocycles. The van der Waals surface area contributed by atoms with E-state index in [1.165, 1.54) is 22.3 Å². The molecule has 5 aromatic rings. The van der Waals surface area contributed by atoms with Crippen molar-refractivity contribution in [1.82, 2.24) is 14.1 Å². The standard InChI is InChI=1S/C26H21N3O5S/c1-15-4-10-21(11-5-15)35(32,33)29-14-23(18-6-8-19(9-7-18)26(30)31)22-12-20(13-27-25(22)29)24-16(2)28-34-17(24)3/h4-14H,1-3H3,(H,30,31). The minimum atomic E-state index is -3.94. The molecule has 0 aliphatic heterocycles. The Kier molecular flexibility index (Phi) is 5.29. The molecule has 0 aliphatic rings. The van der Waals surface area contributed by atoms with Crippen LogP contribution in [0.1, 0.15) is 27.4 Å². The molecule has 176 valence electrons. The van der Waals surface area contributed by atoms with Crippen LogP contribution in [0.4, 0.5) is 0 Å². The first-order valence-electron chi connectivity index (χ1n) is 10.8. The van der Waals surface area contributed by atoms with E-state index in [0.29, 0.717) is 28.0 Å². The van der Waals surface area contributed by atoms with Crippen molar-refractivity contribution in [1.29, 1.82) is 0 Å². The molecule has 1 N–H and O–H groups in total. The van der Waals surface area contributed by atoms with Crippen molar-refractivity contribution in [3.05, 3.63) is 89.6 Å². The monoisotopic (exact) mass is 487 g/mol. The van der Waals surface area contributed by atoms with Crippen molar-refractivity contribution in [3.8, 4) is 22.3 Å². The van der Waals surface area contributed by atoms with E-state index in [0.717, 1.165) is 16.7 Å². The van der Waals surface area contributed by atoms with Crippen molar-refractivity contribution < 1.29 is 22.8 Å². The van der Waals surface area contributed by atoms with Gasteiger partial charge in [0.25, 0.3) is 10.0 Å². The van der Waals surface area contributed by atoms with Crippen molar-refractivity contribution in [2.75, 3.05) is 0 Å². The lowest BCUT2D eigenvalue weighted by atomic mass is 10.0. The molecular formula is C26H21N3O5S. The summed E-state index contributed by atoms with van der Waals surface area (Å²) in [6.45, 7) is 5.52. The first-order valence-corrected chi connectivity index (χ1v) is 12.2. The number of carbonyl (C=O) groups is 1. The summed E-state index contributed by atoms with van der Waals surface area (Å²) in [5.41, 5.74) is 4.84. The fraction of sp³-hybridized carbons (Fsp3) is 0.115. The number of hydrogen-bond acceptors (Lipinski definition) is 6. The smallest absolute Gasteiger partial charge is 0.335 e. The quantitative estimate of drug-likeness (QED) is 0.361. The maximum Gasteiger partial charge on any atom is 0.335 e. The maximum atomic E-state index is 13.6. The summed E-state index contributed by atoms with van der Waals surface area (Å²) < 4.78 is 33.7. The third-order valence-corrected chi connectivity index (χ3v) is 7.62. The van der Waals surface area contributed by atoms with Crippen LogP contribution in [0.25, 0.3) is 33.3 Å². The van der Waals surface area contributed by atoms with Gasteiger partial charge in [0.1, 0.15) is 5.76 Å². The number of fused-ring (bicyclic) bond motifs is 1. The number of rotatable bonds is 5. The van der Waals surface area contributed by atoms with E-state index in [1.807, 2.05) is 19.9 Å². The Morgan fingerprint density at radius 2 is 1.66 bits per heavy atom. The summed E-state index contributed by atoms with van der Waals surface area (Å²) in [6, 6.07) is 14.8. The largest absolute Gasteiger partial charge is 0.478 e. The number of nitrogens with zero attached hydrogens (tertiary/aromatic N) is 3. The first-order chi connectivity index (χ1) is 16.7. The lowest BCUT2D eigenvalue weighted by Gasteiger charge is -2.08. The summed E-state index contributed by atoms with van der Waals surface area (Å²) in [7, 11) is -3.94. The molecule has 0 unspecified atom stereocenters. The van der Waals surface area contributed by atoms with Gasteiger partial charge in [-0.2, -0.15) is 0 Å². The molecule has 0 saturated carbocycles. The first kappa shape index (κ1) is 22.5. The lowest BCUT2D eigenvalue weighted by Crippen LogP contribution is -2.12. The highest BCUT2D eigenvalue weighted by atomic mass is 32.2. The maximum absolute atomic E-state index is 13.6. The zero-order valence-corrected chi connectivity index (χ0v) is 20.0. The third kappa shape index (κ3) is 3.79. The van der Waals surface area contributed by atoms with E-state index >= 15 is 0 Å². The topological polar surface area (TPSA) is 115 Å². The highest BCUT2D eigenvalue weighted by Gasteiger charge is 2.24. The number of carboxylic acid groups (broad SMARTS) is 1. The van der Waals surface area contributed by atoms with Crippen LogP contribution in [0, 0.1) is 20.8 Å². The number of aryl methyl sites for hydroxylation is 3. The second kappa shape index (κ2) is 8.21. The molecule has 0 radical (unpaired) electrons. The van der Waals surface area contributed by atoms with Gasteiger partial charge in [-0.3, -0.25) is 0 Å². The molecule has 0 bridgehead atoms. The summed E-state index contributed by atoms with van der Waals surface area (Å²) in [5, 5.41) is 13.9. The van der Waals surface area contributed by atoms with E-state index in [2.05, 4.69) is 10.1 Å². The average molecular weight is 488 g/mol. The van der Waals surface area contributed by atoms with Crippen LogP contribution >= 0.6 is 0 Å². The summed E-state index contributed by atoms with van der Waals surface area (Å²) >= 11 is 0. The van der Waals surface area contributed by atoms with Gasteiger partial charge in [0.05, 0.1) is 16.2 Å². The minimum Gasteiger partial charge on any atom is -0.478 e. The Morgan fingerprint density at radius 3 is 2.26 bits per heavy atom. The predicted octanol–water partition coefficient (Wildman–Crippen LogP) is 5.22. The summed E-state index contributed by atoms with van der Waals surface area (Å²) in [5.74, 6) is -0.411. The second-order valence-electron chi connectivity index (χ2n) is 8.33. The normalized spacial score (nSPS) is 11.7. The zero-order chi connectivity index (χ0) is 24.9. The van der Waals surface area contributed by atoms with Crippen molar-refractivity contribution in [2.24, 2.45) is 0 Å². The van der Waals surface area contributed by atoms with Gasteiger partial charge in [-0.15, -0.1) is 0 Å². The molecule has 3 aromatic heterocycles. The second-order valence-corrected chi connectivity index (χ2v) is 10.1. The van der Waals surface area contributed by atoms with Gasteiger partial charge in [0, 0.05) is 34.5 Å². The van der Waals surface area contributed by atoms with Crippen molar-refractivity contribution >= 4 is 27.0 Å². The van der Waals surface area contributed by atoms with Crippen LogP contribution in [-0.4, -0.2) is 33.6 Å². The average Bonchev–Trinajstić information content (AvgIpc) is 3.39. The minimum absolute atomic E-state index is 0.138. The Balaban J connectivity index is 1.77. The molecule has 3 heterocycles. The third-order valence-electron chi connectivity index (χ3n) is 5.95. The van der Waals surface area contributed by atoms with E-state index in [9.17, 15) is 18.3 Å². The van der Waals surface area contributed by atoms with E-state index < -0.39 is 16.0 Å². The number of benzene rings is 2. The molecule has 0 aliphatic carbocycles. The van der Waals surface area contributed by atoms with Crippen molar-refractivity contribution in [2.45, 2.75) is 25.7 Å². The van der Waals surface area contributed by atoms with Crippen LogP contribution in [0.2, 0.25) is 0 Å². The molecule has 0 atom stereocenters. The molecule has 5 rings (SSSR count). The highest BCUT2D eigenvalue weighted by Crippen LogP contribution is 2.36. The van der Waals surface area contributed by atoms with Crippen LogP contribution in [-0.2, 0) is 10.0 Å². The van der Waals surface area contributed by atoms with Crippen molar-refractivity contribution in [3.63, 3.8) is 0 Å². The molecule has 0 saturated heterocycles. The SMILES string of the molecule is Cc1ccc(S(=O)(=O)n2cc(-c3ccc(C(=O)O)cc3)c3cc(-c4c(C)noc4C)cnc32)cc1. The Labute approximate surface area is 201 Å². The van der Waals surface area contributed by atoms with Crippen LogP contribution in [0.3, 0.4) is 0 Å². The summed E-state index contributed by atoms with van der Waals surface area (Å²) in [6.07, 6.45) is 3.13. The predicted molar refractivity (Wildman–Crippen MR) is 131 cm³/mol. The van der Waals surface area contributed by atoms with E-state index in [1.54, 1.807) is 49.5 Å². The molecular weight excluding hydrogens is 466 g/mol. The number of pyridine rings is 1. The number of aromatic nitrogens is 3. The fourth-order valence-corrected chi connectivity index (χ4v) is 5.47. The van der Waals surface area contributed by atoms with Gasteiger partial charge in [-0.25, -0.2) is 22.2 Å². The number of hydrogen-bond donors (Lipinski definition) is 1.